The second-order valence-corrected chi connectivity index (χ2v) is 6.27. The van der Waals surface area contributed by atoms with Gasteiger partial charge in [-0.15, -0.1) is 0 Å². The number of halogens is 1. The van der Waals surface area contributed by atoms with Crippen molar-refractivity contribution >= 4 is 11.9 Å². The van der Waals surface area contributed by atoms with Gasteiger partial charge in [0.1, 0.15) is 17.7 Å². The second kappa shape index (κ2) is 11.6. The zero-order chi connectivity index (χ0) is 20.2. The van der Waals surface area contributed by atoms with Crippen LogP contribution in [0.3, 0.4) is 0 Å². The minimum atomic E-state index is -0.296. The summed E-state index contributed by atoms with van der Waals surface area (Å²) < 4.78 is 18.6. The van der Waals surface area contributed by atoms with E-state index in [9.17, 15) is 9.18 Å². The Balaban J connectivity index is 1.62. The number of carbonyl (C=O) groups excluding carboxylic acids is 1. The van der Waals surface area contributed by atoms with Crippen molar-refractivity contribution in [2.45, 2.75) is 26.0 Å². The molecule has 0 fully saturated rings. The molecule has 0 radical (unpaired) electrons. The number of ether oxygens (including phenoxy) is 1. The Hall–Kier alpha value is -3.09. The van der Waals surface area contributed by atoms with E-state index in [4.69, 9.17) is 4.74 Å². The first-order valence-corrected chi connectivity index (χ1v) is 9.24. The minimum absolute atomic E-state index is 0.0279. The Kier molecular flexibility index (Phi) is 8.78. The van der Waals surface area contributed by atoms with E-state index in [2.05, 4.69) is 20.9 Å². The number of nitrogens with zero attached hydrogens (tertiary/aromatic N) is 1. The van der Waals surface area contributed by atoms with E-state index in [0.717, 1.165) is 5.56 Å². The van der Waals surface area contributed by atoms with Crippen LogP contribution in [-0.4, -0.2) is 38.1 Å². The fraction of sp³-hybridized carbons (Fsp3) is 0.333. The first kappa shape index (κ1) is 21.2. The summed E-state index contributed by atoms with van der Waals surface area (Å²) in [4.78, 5) is 16.0. The fourth-order valence-corrected chi connectivity index (χ4v) is 2.43. The molecule has 0 aromatic heterocycles. The summed E-state index contributed by atoms with van der Waals surface area (Å²) in [6.45, 7) is 3.40. The highest BCUT2D eigenvalue weighted by Gasteiger charge is 2.07. The monoisotopic (exact) mass is 386 g/mol. The zero-order valence-electron chi connectivity index (χ0n) is 16.2. The van der Waals surface area contributed by atoms with Gasteiger partial charge in [0.15, 0.2) is 5.96 Å². The van der Waals surface area contributed by atoms with Crippen LogP contribution in [0.15, 0.2) is 59.6 Å². The quantitative estimate of drug-likeness (QED) is 0.457. The number of benzene rings is 2. The van der Waals surface area contributed by atoms with Gasteiger partial charge < -0.3 is 20.7 Å². The number of hydrogen-bond acceptors (Lipinski definition) is 3. The van der Waals surface area contributed by atoms with Crippen LogP contribution in [0.2, 0.25) is 0 Å². The standard InChI is InChI=1S/C21H27FN4O2/c1-16(28-19-10-8-18(22)9-11-19)14-26-21(23-2)24-13-12-20(27)25-15-17-6-4-3-5-7-17/h3-11,16H,12-15H2,1-2H3,(H,25,27)(H2,23,24,26). The van der Waals surface area contributed by atoms with Gasteiger partial charge >= 0.3 is 0 Å². The predicted octanol–water partition coefficient (Wildman–Crippen LogP) is 2.46. The number of nitrogens with one attached hydrogen (secondary N) is 3. The Morgan fingerprint density at radius 3 is 2.46 bits per heavy atom. The van der Waals surface area contributed by atoms with Crippen molar-refractivity contribution in [2.75, 3.05) is 20.1 Å². The number of amides is 1. The van der Waals surface area contributed by atoms with Crippen LogP contribution in [0.1, 0.15) is 18.9 Å². The van der Waals surface area contributed by atoms with Crippen LogP contribution in [0.4, 0.5) is 4.39 Å². The van der Waals surface area contributed by atoms with Gasteiger partial charge in [-0.3, -0.25) is 9.79 Å². The molecule has 0 saturated carbocycles. The van der Waals surface area contributed by atoms with Crippen molar-refractivity contribution in [1.82, 2.24) is 16.0 Å². The molecule has 6 nitrogen and oxygen atoms in total. The predicted molar refractivity (Wildman–Crippen MR) is 109 cm³/mol. The van der Waals surface area contributed by atoms with Crippen molar-refractivity contribution in [1.29, 1.82) is 0 Å². The first-order valence-electron chi connectivity index (χ1n) is 9.24. The number of carbonyl (C=O) groups is 1. The van der Waals surface area contributed by atoms with Crippen molar-refractivity contribution in [3.05, 3.63) is 66.0 Å². The lowest BCUT2D eigenvalue weighted by atomic mass is 10.2. The normalized spacial score (nSPS) is 12.2. The molecule has 28 heavy (non-hydrogen) atoms. The van der Waals surface area contributed by atoms with Gasteiger partial charge in [-0.25, -0.2) is 4.39 Å². The van der Waals surface area contributed by atoms with E-state index in [1.807, 2.05) is 37.3 Å². The molecule has 1 amide bonds. The Morgan fingerprint density at radius 2 is 1.79 bits per heavy atom. The highest BCUT2D eigenvalue weighted by molar-refractivity contribution is 5.81. The van der Waals surface area contributed by atoms with Gasteiger partial charge in [-0.2, -0.15) is 0 Å². The molecule has 2 aromatic rings. The first-order chi connectivity index (χ1) is 13.6. The van der Waals surface area contributed by atoms with Gasteiger partial charge in [-0.05, 0) is 36.8 Å². The zero-order valence-corrected chi connectivity index (χ0v) is 16.2. The van der Waals surface area contributed by atoms with E-state index in [1.165, 1.54) is 12.1 Å². The van der Waals surface area contributed by atoms with E-state index in [0.29, 0.717) is 37.8 Å². The van der Waals surface area contributed by atoms with Gasteiger partial charge in [0, 0.05) is 26.6 Å². The molecule has 0 bridgehead atoms. The highest BCUT2D eigenvalue weighted by atomic mass is 19.1. The lowest BCUT2D eigenvalue weighted by molar-refractivity contribution is -0.121. The molecule has 0 aliphatic rings. The second-order valence-electron chi connectivity index (χ2n) is 6.27. The van der Waals surface area contributed by atoms with Crippen LogP contribution < -0.4 is 20.7 Å². The third kappa shape index (κ3) is 8.07. The van der Waals surface area contributed by atoms with Gasteiger partial charge in [-0.1, -0.05) is 30.3 Å². The largest absolute Gasteiger partial charge is 0.489 e. The maximum Gasteiger partial charge on any atom is 0.222 e. The van der Waals surface area contributed by atoms with Crippen molar-refractivity contribution in [3.8, 4) is 5.75 Å². The number of aliphatic imine (C=N–C) groups is 1. The molecule has 3 N–H and O–H groups in total. The Labute approximate surface area is 165 Å². The van der Waals surface area contributed by atoms with Crippen LogP contribution in [-0.2, 0) is 11.3 Å². The average molecular weight is 386 g/mol. The SMILES string of the molecule is CN=C(NCCC(=O)NCc1ccccc1)NCC(C)Oc1ccc(F)cc1. The van der Waals surface area contributed by atoms with E-state index in [-0.39, 0.29) is 17.8 Å². The van der Waals surface area contributed by atoms with E-state index < -0.39 is 0 Å². The number of rotatable bonds is 9. The molecule has 0 aliphatic heterocycles. The topological polar surface area (TPSA) is 74.8 Å². The molecule has 1 unspecified atom stereocenters. The summed E-state index contributed by atoms with van der Waals surface area (Å²) in [6, 6.07) is 15.7. The van der Waals surface area contributed by atoms with Crippen LogP contribution in [0, 0.1) is 5.82 Å². The van der Waals surface area contributed by atoms with Crippen molar-refractivity contribution < 1.29 is 13.9 Å². The molecule has 0 spiro atoms. The average Bonchev–Trinajstić information content (AvgIpc) is 2.71. The highest BCUT2D eigenvalue weighted by Crippen LogP contribution is 2.12. The lowest BCUT2D eigenvalue weighted by Crippen LogP contribution is -2.42. The molecule has 1 atom stereocenters. The van der Waals surface area contributed by atoms with Crippen LogP contribution in [0.5, 0.6) is 5.75 Å². The minimum Gasteiger partial charge on any atom is -0.489 e. The lowest BCUT2D eigenvalue weighted by Gasteiger charge is -2.17. The fourth-order valence-electron chi connectivity index (χ4n) is 2.43. The molecule has 2 rings (SSSR count). The molecule has 150 valence electrons. The maximum atomic E-state index is 12.9. The molecule has 0 heterocycles. The maximum absolute atomic E-state index is 12.9. The molecule has 2 aromatic carbocycles. The van der Waals surface area contributed by atoms with Crippen LogP contribution >= 0.6 is 0 Å². The summed E-state index contributed by atoms with van der Waals surface area (Å²) in [5, 5.41) is 9.12. The Morgan fingerprint density at radius 1 is 1.07 bits per heavy atom. The molecule has 0 aliphatic carbocycles. The molecule has 0 saturated heterocycles. The van der Waals surface area contributed by atoms with E-state index >= 15 is 0 Å². The summed E-state index contributed by atoms with van der Waals surface area (Å²) >= 11 is 0. The number of hydrogen-bond donors (Lipinski definition) is 3. The molecule has 7 heteroatoms. The van der Waals surface area contributed by atoms with E-state index in [1.54, 1.807) is 19.2 Å². The molecular weight excluding hydrogens is 359 g/mol. The van der Waals surface area contributed by atoms with Gasteiger partial charge in [0.2, 0.25) is 5.91 Å². The van der Waals surface area contributed by atoms with Gasteiger partial charge in [0.25, 0.3) is 0 Å². The van der Waals surface area contributed by atoms with Crippen LogP contribution in [0.25, 0.3) is 0 Å². The Bertz CT molecular complexity index is 751. The smallest absolute Gasteiger partial charge is 0.222 e. The summed E-state index contributed by atoms with van der Waals surface area (Å²) in [5.74, 6) is 0.870. The summed E-state index contributed by atoms with van der Waals surface area (Å²) in [7, 11) is 1.66. The van der Waals surface area contributed by atoms with Crippen molar-refractivity contribution in [2.24, 2.45) is 4.99 Å². The third-order valence-electron chi connectivity index (χ3n) is 3.91. The molecular formula is C21H27FN4O2. The summed E-state index contributed by atoms with van der Waals surface area (Å²) in [5.41, 5.74) is 1.07. The van der Waals surface area contributed by atoms with Crippen molar-refractivity contribution in [3.63, 3.8) is 0 Å². The third-order valence-corrected chi connectivity index (χ3v) is 3.91. The summed E-state index contributed by atoms with van der Waals surface area (Å²) in [6.07, 6.45) is 0.202. The van der Waals surface area contributed by atoms with Gasteiger partial charge in [0.05, 0.1) is 6.54 Å². The number of guanidine groups is 1.